The van der Waals surface area contributed by atoms with E-state index in [2.05, 4.69) is 22.6 Å². The molecule has 96 valence electrons. The van der Waals surface area contributed by atoms with Gasteiger partial charge in [0.05, 0.1) is 4.92 Å². The summed E-state index contributed by atoms with van der Waals surface area (Å²) in [7, 11) is 0. The van der Waals surface area contributed by atoms with E-state index in [0.29, 0.717) is 11.1 Å². The fourth-order valence-corrected chi connectivity index (χ4v) is 2.48. The molecule has 0 saturated heterocycles. The van der Waals surface area contributed by atoms with Gasteiger partial charge in [0, 0.05) is 27.2 Å². The minimum atomic E-state index is -0.460. The van der Waals surface area contributed by atoms with Crippen LogP contribution in [0.4, 0.5) is 5.69 Å². The Morgan fingerprint density at radius 1 is 1.11 bits per heavy atom. The van der Waals surface area contributed by atoms with E-state index in [4.69, 9.17) is 0 Å². The number of para-hydroxylation sites is 1. The molecule has 0 amide bonds. The summed E-state index contributed by atoms with van der Waals surface area (Å²) in [6.45, 7) is 0. The molecule has 0 unspecified atom stereocenters. The maximum absolute atomic E-state index is 12.2. The third-order valence-electron chi connectivity index (χ3n) is 2.71. The highest BCUT2D eigenvalue weighted by Gasteiger charge is 2.17. The number of nitro groups is 1. The molecule has 0 saturated carbocycles. The van der Waals surface area contributed by atoms with Crippen LogP contribution in [0.3, 0.4) is 0 Å². The molecular formula is C14H10INO3. The van der Waals surface area contributed by atoms with Crippen molar-refractivity contribution in [2.24, 2.45) is 0 Å². The van der Waals surface area contributed by atoms with Crippen LogP contribution in [0.2, 0.25) is 0 Å². The van der Waals surface area contributed by atoms with E-state index in [1.807, 2.05) is 12.1 Å². The molecule has 0 aliphatic heterocycles. The number of nitrogens with zero attached hydrogens (tertiary/aromatic N) is 1. The van der Waals surface area contributed by atoms with Crippen molar-refractivity contribution >= 4 is 34.1 Å². The van der Waals surface area contributed by atoms with Gasteiger partial charge in [-0.05, 0) is 28.7 Å². The highest BCUT2D eigenvalue weighted by Crippen LogP contribution is 2.21. The highest BCUT2D eigenvalue weighted by molar-refractivity contribution is 14.1. The number of benzene rings is 2. The molecule has 0 aliphatic carbocycles. The highest BCUT2D eigenvalue weighted by atomic mass is 127. The fourth-order valence-electron chi connectivity index (χ4n) is 1.79. The lowest BCUT2D eigenvalue weighted by atomic mass is 10.0. The molecule has 0 bridgehead atoms. The molecule has 0 aliphatic rings. The number of nitro benzene ring substituents is 1. The average Bonchev–Trinajstić information content (AvgIpc) is 2.39. The van der Waals surface area contributed by atoms with Crippen molar-refractivity contribution in [3.8, 4) is 0 Å². The third-order valence-corrected chi connectivity index (χ3v) is 3.65. The molecule has 2 rings (SSSR count). The summed E-state index contributed by atoms with van der Waals surface area (Å²) < 4.78 is 0.851. The number of carbonyl (C=O) groups is 1. The van der Waals surface area contributed by atoms with Gasteiger partial charge in [-0.25, -0.2) is 0 Å². The van der Waals surface area contributed by atoms with E-state index in [0.717, 1.165) is 3.57 Å². The van der Waals surface area contributed by atoms with Gasteiger partial charge in [-0.2, -0.15) is 0 Å². The van der Waals surface area contributed by atoms with Gasteiger partial charge in [0.2, 0.25) is 0 Å². The van der Waals surface area contributed by atoms with Gasteiger partial charge in [-0.15, -0.1) is 0 Å². The number of rotatable bonds is 4. The van der Waals surface area contributed by atoms with E-state index >= 15 is 0 Å². The van der Waals surface area contributed by atoms with Crippen molar-refractivity contribution in [1.29, 1.82) is 0 Å². The molecule has 0 N–H and O–H groups in total. The second-order valence-electron chi connectivity index (χ2n) is 3.97. The molecule has 0 radical (unpaired) electrons. The number of hydrogen-bond donors (Lipinski definition) is 0. The first kappa shape index (κ1) is 13.7. The Morgan fingerprint density at radius 3 is 2.42 bits per heavy atom. The van der Waals surface area contributed by atoms with E-state index in [-0.39, 0.29) is 17.9 Å². The minimum Gasteiger partial charge on any atom is -0.294 e. The van der Waals surface area contributed by atoms with E-state index < -0.39 is 4.92 Å². The summed E-state index contributed by atoms with van der Waals surface area (Å²) in [6.07, 6.45) is 0.0389. The summed E-state index contributed by atoms with van der Waals surface area (Å²) in [5, 5.41) is 10.9. The van der Waals surface area contributed by atoms with Crippen LogP contribution in [-0.4, -0.2) is 10.7 Å². The Bertz CT molecular complexity index is 640. The lowest BCUT2D eigenvalue weighted by molar-refractivity contribution is -0.385. The first-order valence-corrected chi connectivity index (χ1v) is 6.67. The number of Topliss-reactive ketones (excluding diaryl/α,β-unsaturated/α-hetero) is 1. The number of ketones is 1. The lowest BCUT2D eigenvalue weighted by Crippen LogP contribution is -2.07. The normalized spacial score (nSPS) is 10.2. The summed E-state index contributed by atoms with van der Waals surface area (Å²) >= 11 is 2.09. The van der Waals surface area contributed by atoms with Crippen molar-refractivity contribution in [3.05, 3.63) is 73.3 Å². The number of carbonyl (C=O) groups excluding carboxylic acids is 1. The van der Waals surface area contributed by atoms with Crippen molar-refractivity contribution < 1.29 is 9.72 Å². The van der Waals surface area contributed by atoms with E-state index in [1.54, 1.807) is 30.3 Å². The summed E-state index contributed by atoms with van der Waals surface area (Å²) in [4.78, 5) is 22.6. The van der Waals surface area contributed by atoms with E-state index in [9.17, 15) is 14.9 Å². The fraction of sp³-hybridized carbons (Fsp3) is 0.0714. The Kier molecular flexibility index (Phi) is 4.26. The molecule has 0 aromatic heterocycles. The topological polar surface area (TPSA) is 60.2 Å². The van der Waals surface area contributed by atoms with Crippen LogP contribution in [0, 0.1) is 13.7 Å². The van der Waals surface area contributed by atoms with Gasteiger partial charge in [-0.3, -0.25) is 14.9 Å². The predicted octanol–water partition coefficient (Wildman–Crippen LogP) is 3.62. The largest absolute Gasteiger partial charge is 0.294 e. The van der Waals surface area contributed by atoms with Crippen LogP contribution < -0.4 is 0 Å². The van der Waals surface area contributed by atoms with Gasteiger partial charge < -0.3 is 0 Å². The van der Waals surface area contributed by atoms with Crippen LogP contribution in [0.15, 0.2) is 48.5 Å². The van der Waals surface area contributed by atoms with Gasteiger partial charge in [0.15, 0.2) is 5.78 Å². The number of halogens is 1. The molecule has 4 nitrogen and oxygen atoms in total. The zero-order chi connectivity index (χ0) is 13.8. The molecule has 5 heteroatoms. The average molecular weight is 367 g/mol. The minimum absolute atomic E-state index is 0.0122. The second kappa shape index (κ2) is 5.92. The maximum Gasteiger partial charge on any atom is 0.273 e. The Balaban J connectivity index is 2.30. The molecule has 0 heterocycles. The Hall–Kier alpha value is -1.76. The van der Waals surface area contributed by atoms with Gasteiger partial charge in [0.25, 0.3) is 5.69 Å². The quantitative estimate of drug-likeness (QED) is 0.359. The smallest absolute Gasteiger partial charge is 0.273 e. The van der Waals surface area contributed by atoms with Crippen LogP contribution >= 0.6 is 22.6 Å². The van der Waals surface area contributed by atoms with Crippen LogP contribution in [0.25, 0.3) is 0 Å². The zero-order valence-electron chi connectivity index (χ0n) is 9.88. The van der Waals surface area contributed by atoms with Crippen molar-refractivity contribution in [1.82, 2.24) is 0 Å². The summed E-state index contributed by atoms with van der Waals surface area (Å²) in [5.41, 5.74) is 1.03. The zero-order valence-corrected chi connectivity index (χ0v) is 12.0. The molecule has 2 aromatic carbocycles. The molecule has 19 heavy (non-hydrogen) atoms. The third kappa shape index (κ3) is 3.17. The summed E-state index contributed by atoms with van der Waals surface area (Å²) in [6, 6.07) is 13.5. The van der Waals surface area contributed by atoms with Gasteiger partial charge in [-0.1, -0.05) is 36.4 Å². The molecule has 0 spiro atoms. The number of hydrogen-bond acceptors (Lipinski definition) is 3. The molecular weight excluding hydrogens is 357 g/mol. The monoisotopic (exact) mass is 367 g/mol. The first-order valence-electron chi connectivity index (χ1n) is 5.59. The summed E-state index contributed by atoms with van der Waals surface area (Å²) in [5.74, 6) is -0.112. The standard InChI is InChI=1S/C14H10INO3/c15-12-7-3-2-6-11(12)14(17)9-10-5-1-4-8-13(10)16(18)19/h1-8H,9H2. The van der Waals surface area contributed by atoms with Crippen LogP contribution in [-0.2, 0) is 6.42 Å². The maximum atomic E-state index is 12.2. The van der Waals surface area contributed by atoms with E-state index in [1.165, 1.54) is 6.07 Å². The molecule has 2 aromatic rings. The van der Waals surface area contributed by atoms with Crippen LogP contribution in [0.5, 0.6) is 0 Å². The van der Waals surface area contributed by atoms with Crippen LogP contribution in [0.1, 0.15) is 15.9 Å². The molecule has 0 atom stereocenters. The SMILES string of the molecule is O=C(Cc1ccccc1[N+](=O)[O-])c1ccccc1I. The van der Waals surface area contributed by atoms with Crippen molar-refractivity contribution in [2.75, 3.05) is 0 Å². The lowest BCUT2D eigenvalue weighted by Gasteiger charge is -2.04. The Labute approximate surface area is 123 Å². The van der Waals surface area contributed by atoms with Gasteiger partial charge >= 0.3 is 0 Å². The first-order chi connectivity index (χ1) is 9.09. The second-order valence-corrected chi connectivity index (χ2v) is 5.13. The Morgan fingerprint density at radius 2 is 1.74 bits per heavy atom. The molecule has 0 fully saturated rings. The van der Waals surface area contributed by atoms with Crippen molar-refractivity contribution in [3.63, 3.8) is 0 Å². The van der Waals surface area contributed by atoms with Gasteiger partial charge in [0.1, 0.15) is 0 Å². The predicted molar refractivity (Wildman–Crippen MR) is 80.3 cm³/mol. The van der Waals surface area contributed by atoms with Crippen molar-refractivity contribution in [2.45, 2.75) is 6.42 Å².